The number of nitro benzene ring substituents is 1. The molecule has 1 heterocycles. The van der Waals surface area contributed by atoms with Crippen LogP contribution in [0.5, 0.6) is 11.5 Å². The zero-order valence-corrected chi connectivity index (χ0v) is 19.3. The topological polar surface area (TPSA) is 121 Å². The summed E-state index contributed by atoms with van der Waals surface area (Å²) in [7, 11) is 4.24. The summed E-state index contributed by atoms with van der Waals surface area (Å²) in [6.45, 7) is 1.68. The van der Waals surface area contributed by atoms with E-state index in [0.29, 0.717) is 49.1 Å². The Morgan fingerprint density at radius 3 is 2.26 bits per heavy atom. The zero-order valence-electron chi connectivity index (χ0n) is 19.3. The van der Waals surface area contributed by atoms with Crippen molar-refractivity contribution in [2.75, 3.05) is 59.1 Å². The van der Waals surface area contributed by atoms with Gasteiger partial charge < -0.3 is 28.7 Å². The Bertz CT molecular complexity index is 1030. The number of nitrogens with zero attached hydrogens (tertiary/aromatic N) is 3. The number of esters is 1. The number of methoxy groups -OCH3 is 3. The van der Waals surface area contributed by atoms with Gasteiger partial charge in [-0.3, -0.25) is 19.7 Å². The predicted molar refractivity (Wildman–Crippen MR) is 122 cm³/mol. The van der Waals surface area contributed by atoms with Crippen molar-refractivity contribution in [3.8, 4) is 11.5 Å². The maximum absolute atomic E-state index is 13.7. The first-order valence-corrected chi connectivity index (χ1v) is 10.6. The number of rotatable bonds is 9. The molecule has 0 aliphatic carbocycles. The molecule has 0 atom stereocenters. The average molecular weight is 473 g/mol. The van der Waals surface area contributed by atoms with E-state index in [9.17, 15) is 19.7 Å². The van der Waals surface area contributed by atoms with Gasteiger partial charge in [-0.2, -0.15) is 0 Å². The average Bonchev–Trinajstić information content (AvgIpc) is 2.87. The smallest absolute Gasteiger partial charge is 0.325 e. The van der Waals surface area contributed by atoms with Crippen molar-refractivity contribution < 1.29 is 33.5 Å². The first-order chi connectivity index (χ1) is 16.4. The zero-order chi connectivity index (χ0) is 24.7. The molecule has 1 amide bonds. The highest BCUT2D eigenvalue weighted by atomic mass is 16.6. The van der Waals surface area contributed by atoms with Crippen LogP contribution < -0.4 is 14.4 Å². The Kier molecular flexibility index (Phi) is 8.25. The number of ether oxygens (including phenoxy) is 4. The SMILES string of the molecule is COC(=O)CN(Cc1cc(OC)cc(OC)c1)C(=O)c1cc([N+](=O)[O-])ccc1N1CCOCC1. The number of hydrogen-bond donors (Lipinski definition) is 0. The van der Waals surface area contributed by atoms with Gasteiger partial charge in [0.2, 0.25) is 0 Å². The number of amides is 1. The van der Waals surface area contributed by atoms with Crippen LogP contribution in [0.4, 0.5) is 11.4 Å². The quantitative estimate of drug-likeness (QED) is 0.307. The molecule has 1 aliphatic heterocycles. The maximum atomic E-state index is 13.7. The van der Waals surface area contributed by atoms with E-state index in [-0.39, 0.29) is 24.3 Å². The Balaban J connectivity index is 2.03. The number of carbonyl (C=O) groups is 2. The van der Waals surface area contributed by atoms with Crippen LogP contribution in [0.15, 0.2) is 36.4 Å². The van der Waals surface area contributed by atoms with Crippen LogP contribution in [0.25, 0.3) is 0 Å². The lowest BCUT2D eigenvalue weighted by molar-refractivity contribution is -0.384. The largest absolute Gasteiger partial charge is 0.497 e. The number of non-ortho nitro benzene ring substituents is 1. The summed E-state index contributed by atoms with van der Waals surface area (Å²) in [5.74, 6) is -0.132. The molecule has 11 nitrogen and oxygen atoms in total. The van der Waals surface area contributed by atoms with Gasteiger partial charge in [-0.1, -0.05) is 0 Å². The third-order valence-electron chi connectivity index (χ3n) is 5.39. The summed E-state index contributed by atoms with van der Waals surface area (Å²) < 4.78 is 20.8. The number of benzene rings is 2. The summed E-state index contributed by atoms with van der Waals surface area (Å²) in [4.78, 5) is 40.0. The number of anilines is 1. The Labute approximate surface area is 196 Å². The Morgan fingerprint density at radius 1 is 1.06 bits per heavy atom. The molecule has 0 unspecified atom stereocenters. The van der Waals surface area contributed by atoms with Crippen molar-refractivity contribution in [3.63, 3.8) is 0 Å². The molecule has 3 rings (SSSR count). The number of morpholine rings is 1. The molecule has 0 radical (unpaired) electrons. The molecule has 11 heteroatoms. The Morgan fingerprint density at radius 2 is 1.71 bits per heavy atom. The van der Waals surface area contributed by atoms with Gasteiger partial charge in [0.25, 0.3) is 11.6 Å². The molecule has 2 aromatic carbocycles. The molecule has 0 N–H and O–H groups in total. The molecule has 34 heavy (non-hydrogen) atoms. The van der Waals surface area contributed by atoms with Gasteiger partial charge in [0.05, 0.1) is 50.7 Å². The third-order valence-corrected chi connectivity index (χ3v) is 5.39. The number of carbonyl (C=O) groups excluding carboxylic acids is 2. The molecule has 0 bridgehead atoms. The van der Waals surface area contributed by atoms with Gasteiger partial charge >= 0.3 is 5.97 Å². The van der Waals surface area contributed by atoms with Gasteiger partial charge in [-0.25, -0.2) is 0 Å². The van der Waals surface area contributed by atoms with Crippen molar-refractivity contribution in [3.05, 3.63) is 57.6 Å². The van der Waals surface area contributed by atoms with E-state index in [1.807, 2.05) is 4.90 Å². The monoisotopic (exact) mass is 473 g/mol. The van der Waals surface area contributed by atoms with Crippen LogP contribution in [0, 0.1) is 10.1 Å². The van der Waals surface area contributed by atoms with Crippen LogP contribution in [0.3, 0.4) is 0 Å². The van der Waals surface area contributed by atoms with Gasteiger partial charge in [0.1, 0.15) is 18.0 Å². The van der Waals surface area contributed by atoms with Crippen LogP contribution in [0.2, 0.25) is 0 Å². The molecule has 1 saturated heterocycles. The molecule has 1 aliphatic rings. The lowest BCUT2D eigenvalue weighted by atomic mass is 10.1. The number of hydrogen-bond acceptors (Lipinski definition) is 9. The molecule has 0 spiro atoms. The fraction of sp³-hybridized carbons (Fsp3) is 0.391. The Hall–Kier alpha value is -3.86. The van der Waals surface area contributed by atoms with Crippen LogP contribution in [-0.2, 0) is 20.8 Å². The molecular formula is C23H27N3O8. The summed E-state index contributed by atoms with van der Waals surface area (Å²) in [6.07, 6.45) is 0. The van der Waals surface area contributed by atoms with E-state index in [1.165, 1.54) is 38.4 Å². The maximum Gasteiger partial charge on any atom is 0.325 e. The first-order valence-electron chi connectivity index (χ1n) is 10.6. The predicted octanol–water partition coefficient (Wildman–Crippen LogP) is 2.26. The minimum atomic E-state index is -0.624. The normalized spacial score (nSPS) is 13.2. The van der Waals surface area contributed by atoms with Gasteiger partial charge in [-0.05, 0) is 23.8 Å². The van der Waals surface area contributed by atoms with Crippen LogP contribution in [-0.4, -0.2) is 75.9 Å². The van der Waals surface area contributed by atoms with Crippen molar-refractivity contribution in [2.45, 2.75) is 6.54 Å². The minimum Gasteiger partial charge on any atom is -0.497 e. The standard InChI is InChI=1S/C23H27N3O8/c1-31-18-10-16(11-19(13-18)32-2)14-25(15-22(27)33-3)23(28)20-12-17(26(29)30)4-5-21(20)24-6-8-34-9-7-24/h4-5,10-13H,6-9,14-15H2,1-3H3. The highest BCUT2D eigenvalue weighted by molar-refractivity contribution is 6.01. The second-order valence-electron chi connectivity index (χ2n) is 7.52. The van der Waals surface area contributed by atoms with Crippen molar-refractivity contribution >= 4 is 23.3 Å². The van der Waals surface area contributed by atoms with E-state index >= 15 is 0 Å². The molecule has 0 saturated carbocycles. The summed E-state index contributed by atoms with van der Waals surface area (Å²) in [5, 5.41) is 11.4. The summed E-state index contributed by atoms with van der Waals surface area (Å²) >= 11 is 0. The van der Waals surface area contributed by atoms with E-state index in [2.05, 4.69) is 0 Å². The van der Waals surface area contributed by atoms with Crippen LogP contribution in [0.1, 0.15) is 15.9 Å². The first kappa shape index (κ1) is 24.8. The molecule has 0 aromatic heterocycles. The van der Waals surface area contributed by atoms with E-state index in [4.69, 9.17) is 18.9 Å². The highest BCUT2D eigenvalue weighted by Crippen LogP contribution is 2.29. The minimum absolute atomic E-state index is 0.0206. The van der Waals surface area contributed by atoms with Gasteiger partial charge in [0.15, 0.2) is 0 Å². The van der Waals surface area contributed by atoms with Crippen LogP contribution >= 0.6 is 0 Å². The third kappa shape index (κ3) is 5.93. The van der Waals surface area contributed by atoms with Crippen molar-refractivity contribution in [1.82, 2.24) is 4.90 Å². The van der Waals surface area contributed by atoms with E-state index in [0.717, 1.165) is 0 Å². The molecule has 182 valence electrons. The fourth-order valence-electron chi connectivity index (χ4n) is 3.66. The fourth-order valence-corrected chi connectivity index (χ4v) is 3.66. The molecular weight excluding hydrogens is 446 g/mol. The second-order valence-corrected chi connectivity index (χ2v) is 7.52. The van der Waals surface area contributed by atoms with E-state index in [1.54, 1.807) is 24.3 Å². The highest BCUT2D eigenvalue weighted by Gasteiger charge is 2.27. The van der Waals surface area contributed by atoms with E-state index < -0.39 is 16.8 Å². The molecule has 2 aromatic rings. The lowest BCUT2D eigenvalue weighted by Crippen LogP contribution is -2.40. The van der Waals surface area contributed by atoms with Gasteiger partial charge in [0, 0.05) is 37.8 Å². The second kappa shape index (κ2) is 11.3. The lowest BCUT2D eigenvalue weighted by Gasteiger charge is -2.31. The molecule has 1 fully saturated rings. The van der Waals surface area contributed by atoms with Crippen molar-refractivity contribution in [1.29, 1.82) is 0 Å². The summed E-state index contributed by atoms with van der Waals surface area (Å²) in [5.41, 5.74) is 1.08. The van der Waals surface area contributed by atoms with Crippen molar-refractivity contribution in [2.24, 2.45) is 0 Å². The number of nitro groups is 1. The summed E-state index contributed by atoms with van der Waals surface area (Å²) in [6, 6.07) is 9.28. The van der Waals surface area contributed by atoms with Gasteiger partial charge in [-0.15, -0.1) is 0 Å².